The topological polar surface area (TPSA) is 165 Å². The molecule has 2 aliphatic rings. The van der Waals surface area contributed by atoms with E-state index in [1.807, 2.05) is 66.7 Å². The number of aliphatic hydroxyl groups is 1. The van der Waals surface area contributed by atoms with E-state index >= 15 is 0 Å². The molecule has 2 saturated heterocycles. The third kappa shape index (κ3) is 8.55. The van der Waals surface area contributed by atoms with E-state index in [-0.39, 0.29) is 44.0 Å². The molecule has 0 saturated carbocycles. The lowest BCUT2D eigenvalue weighted by molar-refractivity contribution is -0.245. The van der Waals surface area contributed by atoms with E-state index in [0.29, 0.717) is 28.3 Å². The highest BCUT2D eigenvalue weighted by Gasteiger charge is 2.40. The number of carbonyl (C=O) groups excluding carboxylic acids is 3. The Morgan fingerprint density at radius 1 is 0.900 bits per heavy atom. The standard InChI is InChI=1S/C37H35N3O9S/c41-20-24-10-12-26(13-11-24)31-17-28(22-50-33-29(35(44)45)7-4-16-38-33)48-36(49-31)27-14-8-23(9-15-27)19-40-32(42)18-30(34(40)43)39-37(46)47-21-25-5-2-1-3-6-25/h1-16,28,30-31,36,41H,17-22H2,(H,39,46)(H,44,45). The molecule has 0 radical (unpaired) electrons. The van der Waals surface area contributed by atoms with Crippen molar-refractivity contribution in [1.29, 1.82) is 0 Å². The summed E-state index contributed by atoms with van der Waals surface area (Å²) in [5.41, 5.74) is 4.00. The van der Waals surface area contributed by atoms with Gasteiger partial charge in [0.05, 0.1) is 37.3 Å². The minimum Gasteiger partial charge on any atom is -0.478 e. The fourth-order valence-corrected chi connectivity index (χ4v) is 6.70. The van der Waals surface area contributed by atoms with Crippen molar-refractivity contribution in [3.05, 3.63) is 131 Å². The van der Waals surface area contributed by atoms with Crippen molar-refractivity contribution in [1.82, 2.24) is 15.2 Å². The molecule has 0 spiro atoms. The van der Waals surface area contributed by atoms with Crippen LogP contribution in [-0.4, -0.2) is 61.9 Å². The maximum Gasteiger partial charge on any atom is 0.408 e. The second-order valence-electron chi connectivity index (χ2n) is 11.8. The number of hydrogen-bond donors (Lipinski definition) is 3. The van der Waals surface area contributed by atoms with Crippen molar-refractivity contribution in [2.24, 2.45) is 0 Å². The number of benzene rings is 3. The van der Waals surface area contributed by atoms with Crippen LogP contribution in [0.15, 0.2) is 102 Å². The zero-order valence-electron chi connectivity index (χ0n) is 26.8. The number of likely N-dealkylation sites (tertiary alicyclic amines) is 1. The number of ether oxygens (including phenoxy) is 3. The smallest absolute Gasteiger partial charge is 0.408 e. The van der Waals surface area contributed by atoms with Gasteiger partial charge in [0, 0.05) is 23.9 Å². The minimum atomic E-state index is -1.06. The number of aliphatic hydroxyl groups excluding tert-OH is 1. The molecule has 50 heavy (non-hydrogen) atoms. The molecular formula is C37H35N3O9S. The number of carbonyl (C=O) groups is 4. The van der Waals surface area contributed by atoms with E-state index in [2.05, 4.69) is 10.3 Å². The van der Waals surface area contributed by atoms with Gasteiger partial charge in [-0.3, -0.25) is 14.5 Å². The number of nitrogens with one attached hydrogen (secondary N) is 1. The second kappa shape index (κ2) is 16.1. The lowest BCUT2D eigenvalue weighted by Gasteiger charge is -2.36. The van der Waals surface area contributed by atoms with Crippen molar-refractivity contribution in [3.8, 4) is 0 Å². The Hall–Kier alpha value is -5.08. The summed E-state index contributed by atoms with van der Waals surface area (Å²) in [7, 11) is 0. The molecule has 3 amide bonds. The number of aromatic nitrogens is 1. The van der Waals surface area contributed by atoms with E-state index in [1.165, 1.54) is 17.8 Å². The van der Waals surface area contributed by atoms with E-state index < -0.39 is 36.2 Å². The van der Waals surface area contributed by atoms with Crippen LogP contribution in [0.2, 0.25) is 0 Å². The average Bonchev–Trinajstić information content (AvgIpc) is 3.40. The molecule has 13 heteroatoms. The number of nitrogens with zero attached hydrogens (tertiary/aromatic N) is 2. The number of alkyl carbamates (subject to hydrolysis) is 1. The predicted molar refractivity (Wildman–Crippen MR) is 181 cm³/mol. The maximum atomic E-state index is 13.1. The van der Waals surface area contributed by atoms with Gasteiger partial charge in [-0.1, -0.05) is 78.9 Å². The number of thioether (sulfide) groups is 1. The summed E-state index contributed by atoms with van der Waals surface area (Å²) in [5, 5.41) is 22.0. The summed E-state index contributed by atoms with van der Waals surface area (Å²) in [5.74, 6) is -1.54. The number of amides is 3. The summed E-state index contributed by atoms with van der Waals surface area (Å²) in [6.07, 6.45) is -0.320. The summed E-state index contributed by atoms with van der Waals surface area (Å²) in [4.78, 5) is 55.2. The molecule has 4 unspecified atom stereocenters. The van der Waals surface area contributed by atoms with Gasteiger partial charge in [0.1, 0.15) is 17.7 Å². The fourth-order valence-electron chi connectivity index (χ4n) is 5.70. The van der Waals surface area contributed by atoms with Gasteiger partial charge in [0.25, 0.3) is 5.91 Å². The van der Waals surface area contributed by atoms with E-state index in [4.69, 9.17) is 14.2 Å². The minimum absolute atomic E-state index is 0.0245. The molecule has 0 bridgehead atoms. The molecule has 3 N–H and O–H groups in total. The Labute approximate surface area is 292 Å². The number of hydrogen-bond acceptors (Lipinski definition) is 10. The van der Waals surface area contributed by atoms with Gasteiger partial charge < -0.3 is 29.7 Å². The van der Waals surface area contributed by atoms with Crippen molar-refractivity contribution >= 4 is 35.6 Å². The third-order valence-corrected chi connectivity index (χ3v) is 9.50. The van der Waals surface area contributed by atoms with Gasteiger partial charge in [-0.25, -0.2) is 14.6 Å². The molecule has 3 heterocycles. The highest BCUT2D eigenvalue weighted by molar-refractivity contribution is 7.99. The molecule has 2 aliphatic heterocycles. The molecular weight excluding hydrogens is 662 g/mol. The third-order valence-electron chi connectivity index (χ3n) is 8.36. The van der Waals surface area contributed by atoms with Crippen LogP contribution >= 0.6 is 11.8 Å². The molecule has 2 fully saturated rings. The van der Waals surface area contributed by atoms with Gasteiger partial charge in [-0.05, 0) is 34.4 Å². The van der Waals surface area contributed by atoms with Crippen molar-refractivity contribution in [2.45, 2.75) is 62.2 Å². The van der Waals surface area contributed by atoms with Crippen LogP contribution in [0.4, 0.5) is 4.79 Å². The number of imide groups is 1. The van der Waals surface area contributed by atoms with Crippen LogP contribution in [-0.2, 0) is 43.6 Å². The Morgan fingerprint density at radius 3 is 2.34 bits per heavy atom. The molecule has 4 atom stereocenters. The highest BCUT2D eigenvalue weighted by Crippen LogP contribution is 2.39. The van der Waals surface area contributed by atoms with Crippen molar-refractivity contribution in [2.75, 3.05) is 5.75 Å². The molecule has 6 rings (SSSR count). The summed E-state index contributed by atoms with van der Waals surface area (Å²) in [6.45, 7) is -0.0128. The summed E-state index contributed by atoms with van der Waals surface area (Å²) in [6, 6.07) is 25.9. The molecule has 12 nitrogen and oxygen atoms in total. The first kappa shape index (κ1) is 34.8. The Bertz CT molecular complexity index is 1820. The van der Waals surface area contributed by atoms with Crippen LogP contribution in [0.5, 0.6) is 0 Å². The molecule has 3 aromatic carbocycles. The molecule has 258 valence electrons. The SMILES string of the molecule is O=C(NC1CC(=O)N(Cc2ccc(C3OC(CSc4ncccc4C(=O)O)CC(c4ccc(CO)cc4)O3)cc2)C1=O)OCc1ccccc1. The number of rotatable bonds is 12. The summed E-state index contributed by atoms with van der Waals surface area (Å²) >= 11 is 1.30. The average molecular weight is 698 g/mol. The first-order chi connectivity index (χ1) is 24.3. The lowest BCUT2D eigenvalue weighted by atomic mass is 10.0. The number of aromatic carboxylic acids is 1. The van der Waals surface area contributed by atoms with Gasteiger partial charge >= 0.3 is 12.1 Å². The van der Waals surface area contributed by atoms with Crippen LogP contribution in [0, 0.1) is 0 Å². The van der Waals surface area contributed by atoms with Crippen LogP contribution in [0.25, 0.3) is 0 Å². The first-order valence-corrected chi connectivity index (χ1v) is 17.0. The van der Waals surface area contributed by atoms with Gasteiger partial charge in [0.2, 0.25) is 5.91 Å². The first-order valence-electron chi connectivity index (χ1n) is 16.0. The van der Waals surface area contributed by atoms with Gasteiger partial charge in [0.15, 0.2) is 6.29 Å². The number of carboxylic acids is 1. The highest BCUT2D eigenvalue weighted by atomic mass is 32.2. The monoisotopic (exact) mass is 697 g/mol. The van der Waals surface area contributed by atoms with Crippen molar-refractivity contribution < 1.29 is 43.6 Å². The predicted octanol–water partition coefficient (Wildman–Crippen LogP) is 5.16. The van der Waals surface area contributed by atoms with Crippen molar-refractivity contribution in [3.63, 3.8) is 0 Å². The van der Waals surface area contributed by atoms with E-state index in [1.54, 1.807) is 24.4 Å². The lowest BCUT2D eigenvalue weighted by Crippen LogP contribution is -2.41. The molecule has 4 aromatic rings. The maximum absolute atomic E-state index is 13.1. The van der Waals surface area contributed by atoms with Crippen LogP contribution in [0.3, 0.4) is 0 Å². The van der Waals surface area contributed by atoms with E-state index in [9.17, 15) is 29.4 Å². The molecule has 0 aliphatic carbocycles. The Morgan fingerprint density at radius 2 is 1.62 bits per heavy atom. The largest absolute Gasteiger partial charge is 0.478 e. The zero-order valence-corrected chi connectivity index (χ0v) is 27.7. The van der Waals surface area contributed by atoms with Gasteiger partial charge in [-0.15, -0.1) is 11.8 Å². The summed E-state index contributed by atoms with van der Waals surface area (Å²) < 4.78 is 18.0. The Kier molecular flexibility index (Phi) is 11.2. The zero-order chi connectivity index (χ0) is 35.0. The normalized spacial score (nSPS) is 20.5. The number of carboxylic acid groups (broad SMARTS) is 1. The number of pyridine rings is 1. The Balaban J connectivity index is 1.10. The second-order valence-corrected chi connectivity index (χ2v) is 12.9. The van der Waals surface area contributed by atoms with Crippen LogP contribution in [0.1, 0.15) is 63.4 Å². The quantitative estimate of drug-likeness (QED) is 0.132. The fraction of sp³-hybridized carbons (Fsp3) is 0.270. The van der Waals surface area contributed by atoms with E-state index in [0.717, 1.165) is 21.6 Å². The van der Waals surface area contributed by atoms with Crippen LogP contribution < -0.4 is 5.32 Å². The molecule has 1 aromatic heterocycles. The van der Waals surface area contributed by atoms with Gasteiger partial charge in [-0.2, -0.15) is 0 Å².